The highest BCUT2D eigenvalue weighted by molar-refractivity contribution is 6.30. The summed E-state index contributed by atoms with van der Waals surface area (Å²) in [5.41, 5.74) is 0.883. The molecule has 1 aromatic carbocycles. The number of rotatable bonds is 7. The fourth-order valence-corrected chi connectivity index (χ4v) is 2.78. The first-order valence-electron chi connectivity index (χ1n) is 8.21. The van der Waals surface area contributed by atoms with Crippen LogP contribution in [0.5, 0.6) is 5.75 Å². The first-order valence-corrected chi connectivity index (χ1v) is 8.59. The molecule has 0 aliphatic carbocycles. The molecule has 1 aliphatic heterocycles. The Labute approximate surface area is 150 Å². The molecule has 0 unspecified atom stereocenters. The maximum Gasteiger partial charge on any atom is 0.257 e. The van der Waals surface area contributed by atoms with Gasteiger partial charge in [-0.25, -0.2) is 0 Å². The Hall–Kier alpha value is -2.12. The maximum absolute atomic E-state index is 11.9. The zero-order valence-electron chi connectivity index (χ0n) is 14.0. The van der Waals surface area contributed by atoms with Crippen molar-refractivity contribution >= 4 is 17.5 Å². The van der Waals surface area contributed by atoms with Gasteiger partial charge in [-0.15, -0.1) is 0 Å². The van der Waals surface area contributed by atoms with Crippen LogP contribution in [0.25, 0.3) is 0 Å². The molecule has 3 rings (SSSR count). The number of benzene rings is 1. The number of carbonyl (C=O) groups is 1. The minimum atomic E-state index is -0.211. The van der Waals surface area contributed by atoms with Gasteiger partial charge < -0.3 is 19.3 Å². The summed E-state index contributed by atoms with van der Waals surface area (Å²) in [6.45, 7) is 2.95. The number of amides is 1. The maximum atomic E-state index is 11.9. The summed E-state index contributed by atoms with van der Waals surface area (Å²) in [4.78, 5) is 16.2. The highest BCUT2D eigenvalue weighted by atomic mass is 35.5. The molecule has 25 heavy (non-hydrogen) atoms. The normalized spacial score (nSPS) is 16.8. The Balaban J connectivity index is 1.39. The number of aryl methyl sites for hydroxylation is 1. The van der Waals surface area contributed by atoms with Gasteiger partial charge in [-0.05, 0) is 43.5 Å². The van der Waals surface area contributed by atoms with Crippen molar-refractivity contribution in [3.05, 3.63) is 40.5 Å². The van der Waals surface area contributed by atoms with Crippen LogP contribution in [0.1, 0.15) is 36.2 Å². The molecular weight excluding hydrogens is 346 g/mol. The van der Waals surface area contributed by atoms with Crippen molar-refractivity contribution in [3.8, 4) is 5.75 Å². The van der Waals surface area contributed by atoms with E-state index in [4.69, 9.17) is 25.6 Å². The lowest BCUT2D eigenvalue weighted by molar-refractivity contribution is -0.123. The predicted molar refractivity (Wildman–Crippen MR) is 90.6 cm³/mol. The van der Waals surface area contributed by atoms with E-state index >= 15 is 0 Å². The van der Waals surface area contributed by atoms with Gasteiger partial charge in [0.25, 0.3) is 11.8 Å². The predicted octanol–water partition coefficient (Wildman–Crippen LogP) is 2.62. The van der Waals surface area contributed by atoms with Gasteiger partial charge in [0, 0.05) is 24.6 Å². The van der Waals surface area contributed by atoms with Crippen molar-refractivity contribution in [3.63, 3.8) is 0 Å². The molecule has 1 amide bonds. The first kappa shape index (κ1) is 17.7. The molecule has 2 heterocycles. The van der Waals surface area contributed by atoms with E-state index in [-0.39, 0.29) is 18.6 Å². The van der Waals surface area contributed by atoms with Crippen molar-refractivity contribution in [1.82, 2.24) is 15.5 Å². The molecule has 0 bridgehead atoms. The molecule has 8 heteroatoms. The third-order valence-corrected chi connectivity index (χ3v) is 4.09. The summed E-state index contributed by atoms with van der Waals surface area (Å²) < 4.78 is 16.2. The Kier molecular flexibility index (Phi) is 5.88. The number of aromatic nitrogens is 2. The van der Waals surface area contributed by atoms with Crippen molar-refractivity contribution < 1.29 is 18.8 Å². The van der Waals surface area contributed by atoms with Crippen LogP contribution in [0.3, 0.4) is 0 Å². The van der Waals surface area contributed by atoms with Crippen LogP contribution >= 0.6 is 11.6 Å². The van der Waals surface area contributed by atoms with Crippen molar-refractivity contribution in [2.45, 2.75) is 32.3 Å². The number of ether oxygens (including phenoxy) is 2. The second-order valence-corrected chi connectivity index (χ2v) is 6.29. The van der Waals surface area contributed by atoms with E-state index in [1.807, 2.05) is 6.92 Å². The molecule has 1 aromatic heterocycles. The molecule has 1 atom stereocenters. The highest BCUT2D eigenvalue weighted by Gasteiger charge is 2.23. The van der Waals surface area contributed by atoms with Gasteiger partial charge in [-0.2, -0.15) is 4.98 Å². The lowest BCUT2D eigenvalue weighted by atomic mass is 10.2. The van der Waals surface area contributed by atoms with E-state index in [0.717, 1.165) is 25.0 Å². The fourth-order valence-electron chi connectivity index (χ4n) is 2.56. The Morgan fingerprint density at radius 2 is 2.36 bits per heavy atom. The lowest BCUT2D eigenvalue weighted by Gasteiger charge is -2.09. The second kappa shape index (κ2) is 8.31. The molecule has 2 aromatic rings. The molecule has 1 saturated heterocycles. The fraction of sp³-hybridized carbons (Fsp3) is 0.471. The van der Waals surface area contributed by atoms with Crippen molar-refractivity contribution in [1.29, 1.82) is 0 Å². The van der Waals surface area contributed by atoms with Gasteiger partial charge in [-0.1, -0.05) is 16.8 Å². The van der Waals surface area contributed by atoms with E-state index < -0.39 is 0 Å². The number of nitrogens with one attached hydrogen (secondary N) is 1. The zero-order chi connectivity index (χ0) is 17.6. The quantitative estimate of drug-likeness (QED) is 0.811. The number of carbonyl (C=O) groups excluding carboxylic acids is 1. The van der Waals surface area contributed by atoms with E-state index in [1.54, 1.807) is 18.2 Å². The van der Waals surface area contributed by atoms with Crippen LogP contribution in [0, 0.1) is 6.92 Å². The summed E-state index contributed by atoms with van der Waals surface area (Å²) in [6, 6.07) is 5.26. The monoisotopic (exact) mass is 365 g/mol. The molecule has 0 radical (unpaired) electrons. The van der Waals surface area contributed by atoms with Crippen molar-refractivity contribution in [2.24, 2.45) is 0 Å². The third-order valence-electron chi connectivity index (χ3n) is 3.86. The summed E-state index contributed by atoms with van der Waals surface area (Å²) in [5, 5.41) is 7.31. The Bertz CT molecular complexity index is 728. The summed E-state index contributed by atoms with van der Waals surface area (Å²) in [6.07, 6.45) is 2.31. The van der Waals surface area contributed by atoms with Crippen LogP contribution in [-0.4, -0.2) is 35.8 Å². The van der Waals surface area contributed by atoms with Crippen LogP contribution in [0.2, 0.25) is 5.02 Å². The molecule has 0 spiro atoms. The Morgan fingerprint density at radius 1 is 1.48 bits per heavy atom. The number of nitrogens with zero attached hydrogens (tertiary/aromatic N) is 2. The molecule has 134 valence electrons. The van der Waals surface area contributed by atoms with E-state index in [9.17, 15) is 4.79 Å². The van der Waals surface area contributed by atoms with Crippen LogP contribution in [0.15, 0.2) is 22.7 Å². The molecule has 1 aliphatic rings. The van der Waals surface area contributed by atoms with Crippen LogP contribution in [0.4, 0.5) is 0 Å². The lowest BCUT2D eigenvalue weighted by Crippen LogP contribution is -2.30. The third kappa shape index (κ3) is 4.93. The number of hydrogen-bond donors (Lipinski definition) is 1. The zero-order valence-corrected chi connectivity index (χ0v) is 14.7. The van der Waals surface area contributed by atoms with Crippen LogP contribution in [-0.2, 0) is 16.0 Å². The van der Waals surface area contributed by atoms with Gasteiger partial charge in [0.2, 0.25) is 0 Å². The summed E-state index contributed by atoms with van der Waals surface area (Å²) in [5.74, 6) is 1.50. The summed E-state index contributed by atoms with van der Waals surface area (Å²) in [7, 11) is 0. The average molecular weight is 366 g/mol. The molecular formula is C17H20ClN3O4. The van der Waals surface area contributed by atoms with E-state index in [1.165, 1.54) is 0 Å². The molecule has 1 N–H and O–H groups in total. The van der Waals surface area contributed by atoms with Gasteiger partial charge in [0.05, 0.1) is 0 Å². The Morgan fingerprint density at radius 3 is 3.12 bits per heavy atom. The number of halogens is 1. The van der Waals surface area contributed by atoms with E-state index in [2.05, 4.69) is 15.5 Å². The minimum absolute atomic E-state index is 0.0596. The largest absolute Gasteiger partial charge is 0.484 e. The highest BCUT2D eigenvalue weighted by Crippen LogP contribution is 2.26. The topological polar surface area (TPSA) is 86.5 Å². The molecule has 7 nitrogen and oxygen atoms in total. The van der Waals surface area contributed by atoms with Gasteiger partial charge in [-0.3, -0.25) is 4.79 Å². The summed E-state index contributed by atoms with van der Waals surface area (Å²) >= 11 is 5.89. The first-order chi connectivity index (χ1) is 12.1. The SMILES string of the molecule is Cc1cc(Cl)ccc1OCC(=O)NCCc1noc([C@H]2CCCO2)n1. The average Bonchev–Trinajstić information content (AvgIpc) is 3.25. The van der Waals surface area contributed by atoms with Gasteiger partial charge >= 0.3 is 0 Å². The smallest absolute Gasteiger partial charge is 0.257 e. The van der Waals surface area contributed by atoms with Crippen LogP contribution < -0.4 is 10.1 Å². The van der Waals surface area contributed by atoms with Crippen molar-refractivity contribution in [2.75, 3.05) is 19.8 Å². The van der Waals surface area contributed by atoms with E-state index in [0.29, 0.717) is 35.5 Å². The minimum Gasteiger partial charge on any atom is -0.484 e. The van der Waals surface area contributed by atoms with Gasteiger partial charge in [0.1, 0.15) is 11.9 Å². The standard InChI is InChI=1S/C17H20ClN3O4/c1-11-9-12(18)4-5-13(11)24-10-16(22)19-7-6-15-20-17(25-21-15)14-3-2-8-23-14/h4-5,9,14H,2-3,6-8,10H2,1H3,(H,19,22)/t14-/m1/s1. The van der Waals surface area contributed by atoms with Gasteiger partial charge in [0.15, 0.2) is 12.4 Å². The molecule has 1 fully saturated rings. The second-order valence-electron chi connectivity index (χ2n) is 5.85. The molecule has 0 saturated carbocycles. The number of hydrogen-bond acceptors (Lipinski definition) is 6.